The van der Waals surface area contributed by atoms with Crippen molar-refractivity contribution >= 4 is 34.7 Å². The minimum Gasteiger partial charge on any atom is -0.383 e. The van der Waals surface area contributed by atoms with Gasteiger partial charge >= 0.3 is 0 Å². The molecule has 1 aromatic carbocycles. The number of anilines is 2. The van der Waals surface area contributed by atoms with E-state index >= 15 is 0 Å². The van der Waals surface area contributed by atoms with Gasteiger partial charge in [0.2, 0.25) is 5.95 Å². The van der Waals surface area contributed by atoms with Gasteiger partial charge in [0.05, 0.1) is 4.88 Å². The Bertz CT molecular complexity index is 984. The quantitative estimate of drug-likeness (QED) is 0.265. The molecule has 0 atom stereocenters. The van der Waals surface area contributed by atoms with E-state index in [-0.39, 0.29) is 0 Å². The Labute approximate surface area is 180 Å². The SMILES string of the molecule is CCCCSc1ccnc(Nc2cc(C)cc(-c3cnc(C4(O)CCC4)s3)c2)n1. The Morgan fingerprint density at radius 1 is 1.24 bits per heavy atom. The number of nitrogens with zero attached hydrogens (tertiary/aromatic N) is 3. The van der Waals surface area contributed by atoms with Gasteiger partial charge in [0.1, 0.15) is 15.6 Å². The highest BCUT2D eigenvalue weighted by atomic mass is 32.2. The standard InChI is InChI=1S/C22H26N4OS2/c1-3-4-10-28-19-6-9-23-21(26-19)25-17-12-15(2)11-16(13-17)18-14-24-20(29-18)22(27)7-5-8-22/h6,9,11-14,27H,3-5,7-8,10H2,1-2H3,(H,23,25,26). The Hall–Kier alpha value is -1.96. The summed E-state index contributed by atoms with van der Waals surface area (Å²) in [6.07, 6.45) is 8.73. The van der Waals surface area contributed by atoms with E-state index in [9.17, 15) is 5.11 Å². The van der Waals surface area contributed by atoms with Crippen LogP contribution in [-0.4, -0.2) is 25.8 Å². The molecule has 2 N–H and O–H groups in total. The second kappa shape index (κ2) is 8.81. The highest BCUT2D eigenvalue weighted by Gasteiger charge is 2.39. The van der Waals surface area contributed by atoms with Crippen molar-refractivity contribution in [3.8, 4) is 10.4 Å². The summed E-state index contributed by atoms with van der Waals surface area (Å²) in [7, 11) is 0. The van der Waals surface area contributed by atoms with Gasteiger partial charge in [0.25, 0.3) is 0 Å². The van der Waals surface area contributed by atoms with E-state index < -0.39 is 5.60 Å². The van der Waals surface area contributed by atoms with Crippen molar-refractivity contribution in [2.75, 3.05) is 11.1 Å². The highest BCUT2D eigenvalue weighted by molar-refractivity contribution is 7.99. The summed E-state index contributed by atoms with van der Waals surface area (Å²) in [5.74, 6) is 1.68. The molecule has 1 aliphatic carbocycles. The lowest BCUT2D eigenvalue weighted by molar-refractivity contribution is -0.0389. The van der Waals surface area contributed by atoms with E-state index in [2.05, 4.69) is 52.3 Å². The zero-order valence-electron chi connectivity index (χ0n) is 16.8. The second-order valence-corrected chi connectivity index (χ2v) is 9.69. The number of rotatable bonds is 8. The van der Waals surface area contributed by atoms with Gasteiger partial charge in [-0.15, -0.1) is 23.1 Å². The summed E-state index contributed by atoms with van der Waals surface area (Å²) in [5, 5.41) is 15.7. The summed E-state index contributed by atoms with van der Waals surface area (Å²) in [5.41, 5.74) is 2.48. The molecular formula is C22H26N4OS2. The first-order valence-electron chi connectivity index (χ1n) is 10.1. The number of aromatic nitrogens is 3. The molecular weight excluding hydrogens is 400 g/mol. The molecule has 7 heteroatoms. The lowest BCUT2D eigenvalue weighted by Gasteiger charge is -2.34. The number of thiazole rings is 1. The van der Waals surface area contributed by atoms with Crippen LogP contribution in [-0.2, 0) is 5.60 Å². The van der Waals surface area contributed by atoms with Crippen molar-refractivity contribution in [1.82, 2.24) is 15.0 Å². The molecule has 29 heavy (non-hydrogen) atoms. The van der Waals surface area contributed by atoms with Crippen molar-refractivity contribution < 1.29 is 5.11 Å². The number of aryl methyl sites for hydroxylation is 1. The van der Waals surface area contributed by atoms with Crippen LogP contribution < -0.4 is 5.32 Å². The van der Waals surface area contributed by atoms with Gasteiger partial charge in [-0.1, -0.05) is 19.4 Å². The topological polar surface area (TPSA) is 70.9 Å². The molecule has 5 nitrogen and oxygen atoms in total. The largest absolute Gasteiger partial charge is 0.383 e. The van der Waals surface area contributed by atoms with Crippen LogP contribution in [0.3, 0.4) is 0 Å². The summed E-state index contributed by atoms with van der Waals surface area (Å²) in [6.45, 7) is 4.27. The van der Waals surface area contributed by atoms with Crippen LogP contribution in [0, 0.1) is 6.92 Å². The van der Waals surface area contributed by atoms with E-state index in [0.29, 0.717) is 5.95 Å². The smallest absolute Gasteiger partial charge is 0.228 e. The van der Waals surface area contributed by atoms with Gasteiger partial charge < -0.3 is 10.4 Å². The lowest BCUT2D eigenvalue weighted by atomic mass is 9.81. The van der Waals surface area contributed by atoms with Crippen molar-refractivity contribution in [1.29, 1.82) is 0 Å². The maximum Gasteiger partial charge on any atom is 0.228 e. The molecule has 0 spiro atoms. The number of aliphatic hydroxyl groups is 1. The van der Waals surface area contributed by atoms with Crippen LogP contribution in [0.1, 0.15) is 49.6 Å². The minimum absolute atomic E-state index is 0.608. The van der Waals surface area contributed by atoms with Gasteiger partial charge in [0, 0.05) is 18.1 Å². The predicted octanol–water partition coefficient (Wildman–Crippen LogP) is 5.92. The summed E-state index contributed by atoms with van der Waals surface area (Å²) in [4.78, 5) is 14.6. The van der Waals surface area contributed by atoms with E-state index in [4.69, 9.17) is 0 Å². The molecule has 152 valence electrons. The fraction of sp³-hybridized carbons (Fsp3) is 0.409. The third kappa shape index (κ3) is 4.79. The highest BCUT2D eigenvalue weighted by Crippen LogP contribution is 2.44. The number of unbranched alkanes of at least 4 members (excludes halogenated alkanes) is 1. The molecule has 0 amide bonds. The molecule has 1 fully saturated rings. The third-order valence-electron chi connectivity index (χ3n) is 5.08. The fourth-order valence-corrected chi connectivity index (χ4v) is 5.28. The zero-order valence-corrected chi connectivity index (χ0v) is 18.4. The van der Waals surface area contributed by atoms with Crippen molar-refractivity contribution in [2.45, 2.75) is 56.6 Å². The first-order chi connectivity index (χ1) is 14.1. The molecule has 3 aromatic rings. The summed E-state index contributed by atoms with van der Waals surface area (Å²) in [6, 6.07) is 8.28. The van der Waals surface area contributed by atoms with Gasteiger partial charge in [-0.3, -0.25) is 0 Å². The van der Waals surface area contributed by atoms with E-state index in [1.807, 2.05) is 12.3 Å². The number of hydrogen-bond acceptors (Lipinski definition) is 7. The summed E-state index contributed by atoms with van der Waals surface area (Å²) < 4.78 is 0. The lowest BCUT2D eigenvalue weighted by Crippen LogP contribution is -2.33. The Balaban J connectivity index is 1.52. The maximum atomic E-state index is 10.6. The number of thioether (sulfide) groups is 1. The Morgan fingerprint density at radius 3 is 2.86 bits per heavy atom. The Kier molecular flexibility index (Phi) is 6.18. The monoisotopic (exact) mass is 426 g/mol. The Morgan fingerprint density at radius 2 is 2.10 bits per heavy atom. The average molecular weight is 427 g/mol. The van der Waals surface area contributed by atoms with Crippen LogP contribution in [0.5, 0.6) is 0 Å². The molecule has 0 saturated heterocycles. The van der Waals surface area contributed by atoms with Crippen LogP contribution in [0.25, 0.3) is 10.4 Å². The van der Waals surface area contributed by atoms with Gasteiger partial charge in [0.15, 0.2) is 0 Å². The van der Waals surface area contributed by atoms with Crippen LogP contribution in [0.4, 0.5) is 11.6 Å². The molecule has 1 aliphatic rings. The average Bonchev–Trinajstić information content (AvgIpc) is 3.17. The van der Waals surface area contributed by atoms with E-state index in [1.165, 1.54) is 12.8 Å². The van der Waals surface area contributed by atoms with Crippen molar-refractivity contribution in [2.24, 2.45) is 0 Å². The molecule has 2 aromatic heterocycles. The summed E-state index contributed by atoms with van der Waals surface area (Å²) >= 11 is 3.35. The first kappa shape index (κ1) is 20.3. The maximum absolute atomic E-state index is 10.6. The van der Waals surface area contributed by atoms with Crippen LogP contribution >= 0.6 is 23.1 Å². The second-order valence-electron chi connectivity index (χ2n) is 7.55. The third-order valence-corrected chi connectivity index (χ3v) is 7.34. The molecule has 0 aliphatic heterocycles. The molecule has 0 unspecified atom stereocenters. The molecule has 0 bridgehead atoms. The van der Waals surface area contributed by atoms with Crippen molar-refractivity contribution in [3.63, 3.8) is 0 Å². The molecule has 2 heterocycles. The number of hydrogen-bond donors (Lipinski definition) is 2. The van der Waals surface area contributed by atoms with Gasteiger partial charge in [-0.2, -0.15) is 0 Å². The van der Waals surface area contributed by atoms with Gasteiger partial charge in [-0.05, 0) is 67.7 Å². The molecule has 4 rings (SSSR count). The first-order valence-corrected chi connectivity index (χ1v) is 11.9. The predicted molar refractivity (Wildman–Crippen MR) is 121 cm³/mol. The fourth-order valence-electron chi connectivity index (χ4n) is 3.28. The molecule has 0 radical (unpaired) electrons. The zero-order chi connectivity index (χ0) is 20.3. The number of benzene rings is 1. The minimum atomic E-state index is -0.711. The van der Waals surface area contributed by atoms with E-state index in [0.717, 1.165) is 56.7 Å². The van der Waals surface area contributed by atoms with Crippen LogP contribution in [0.2, 0.25) is 0 Å². The van der Waals surface area contributed by atoms with Crippen LogP contribution in [0.15, 0.2) is 41.7 Å². The van der Waals surface area contributed by atoms with Crippen molar-refractivity contribution in [3.05, 3.63) is 47.2 Å². The number of nitrogens with one attached hydrogen (secondary N) is 1. The molecule has 1 saturated carbocycles. The van der Waals surface area contributed by atoms with E-state index in [1.54, 1.807) is 29.3 Å². The normalized spacial score (nSPS) is 15.1. The van der Waals surface area contributed by atoms with Gasteiger partial charge in [-0.25, -0.2) is 15.0 Å².